The van der Waals surface area contributed by atoms with Gasteiger partial charge in [0.2, 0.25) is 0 Å². The second-order valence-corrected chi connectivity index (χ2v) is 7.20. The highest BCUT2D eigenvalue weighted by Crippen LogP contribution is 2.15. The summed E-state index contributed by atoms with van der Waals surface area (Å²) in [5.41, 5.74) is 3.28. The van der Waals surface area contributed by atoms with Crippen molar-refractivity contribution in [3.8, 4) is 0 Å². The van der Waals surface area contributed by atoms with Gasteiger partial charge in [-0.3, -0.25) is 9.59 Å². The summed E-state index contributed by atoms with van der Waals surface area (Å²) in [6, 6.07) is 21.1. The topological polar surface area (TPSA) is 75.8 Å². The number of carbonyl (C=O) groups is 2. The first-order valence-electron chi connectivity index (χ1n) is 9.79. The molecule has 0 saturated heterocycles. The zero-order valence-electron chi connectivity index (χ0n) is 16.1. The maximum Gasteiger partial charge on any atom is 0.313 e. The Morgan fingerprint density at radius 2 is 1.69 bits per heavy atom. The fourth-order valence-electron chi connectivity index (χ4n) is 3.82. The van der Waals surface area contributed by atoms with Crippen molar-refractivity contribution in [1.82, 2.24) is 5.32 Å². The lowest BCUT2D eigenvalue weighted by atomic mass is 9.98. The molecule has 2 aromatic carbocycles. The molecule has 1 aliphatic heterocycles. The number of para-hydroxylation sites is 1. The number of amides is 2. The van der Waals surface area contributed by atoms with E-state index in [9.17, 15) is 9.59 Å². The minimum absolute atomic E-state index is 0.0631. The lowest BCUT2D eigenvalue weighted by molar-refractivity contribution is -0.946. The SMILES string of the molecule is O=C(NC[C@@H](c1ccco1)[NH+]1CCc2ccccc2C1)C(=O)Nc1ccccc1. The molecule has 2 heterocycles. The second kappa shape index (κ2) is 8.75. The molecule has 1 aromatic heterocycles. The van der Waals surface area contributed by atoms with Crippen LogP contribution >= 0.6 is 0 Å². The van der Waals surface area contributed by atoms with E-state index in [-0.39, 0.29) is 6.04 Å². The molecule has 6 heteroatoms. The van der Waals surface area contributed by atoms with Crippen LogP contribution in [0.4, 0.5) is 5.69 Å². The maximum absolute atomic E-state index is 12.3. The highest BCUT2D eigenvalue weighted by molar-refractivity contribution is 6.39. The van der Waals surface area contributed by atoms with Crippen molar-refractivity contribution in [2.75, 3.05) is 18.4 Å². The fraction of sp³-hybridized carbons (Fsp3) is 0.217. The minimum Gasteiger partial charge on any atom is -0.463 e. The van der Waals surface area contributed by atoms with Gasteiger partial charge in [-0.25, -0.2) is 0 Å². The van der Waals surface area contributed by atoms with Gasteiger partial charge in [0.15, 0.2) is 11.8 Å². The van der Waals surface area contributed by atoms with Crippen molar-refractivity contribution < 1.29 is 18.9 Å². The van der Waals surface area contributed by atoms with Gasteiger partial charge in [0.1, 0.15) is 6.54 Å². The van der Waals surface area contributed by atoms with E-state index < -0.39 is 11.8 Å². The molecule has 2 atom stereocenters. The van der Waals surface area contributed by atoms with E-state index in [1.807, 2.05) is 18.2 Å². The number of rotatable bonds is 5. The van der Waals surface area contributed by atoms with E-state index in [1.165, 1.54) is 16.0 Å². The van der Waals surface area contributed by atoms with Gasteiger partial charge in [-0.2, -0.15) is 0 Å². The molecule has 3 aromatic rings. The molecule has 1 unspecified atom stereocenters. The number of benzene rings is 2. The molecule has 0 spiro atoms. The van der Waals surface area contributed by atoms with Crippen LogP contribution in [0, 0.1) is 0 Å². The van der Waals surface area contributed by atoms with Crippen molar-refractivity contribution >= 4 is 17.5 Å². The largest absolute Gasteiger partial charge is 0.463 e. The standard InChI is InChI=1S/C23H23N3O3/c27-22(23(28)25-19-9-2-1-3-10-19)24-15-20(21-11-6-14-29-21)26-13-12-17-7-4-5-8-18(17)16-26/h1-11,14,20H,12-13,15-16H2,(H,24,27)(H,25,28)/p+1/t20-/m0/s1. The van der Waals surface area contributed by atoms with Crippen molar-refractivity contribution in [3.63, 3.8) is 0 Å². The van der Waals surface area contributed by atoms with Crippen molar-refractivity contribution in [3.05, 3.63) is 89.9 Å². The Bertz CT molecular complexity index is 970. The highest BCUT2D eigenvalue weighted by Gasteiger charge is 2.31. The van der Waals surface area contributed by atoms with Crippen LogP contribution in [0.15, 0.2) is 77.4 Å². The average molecular weight is 390 g/mol. The Kier molecular flexibility index (Phi) is 5.72. The van der Waals surface area contributed by atoms with E-state index in [0.29, 0.717) is 12.2 Å². The van der Waals surface area contributed by atoms with Gasteiger partial charge in [0.05, 0.1) is 19.4 Å². The maximum atomic E-state index is 12.3. The lowest BCUT2D eigenvalue weighted by Gasteiger charge is -2.31. The highest BCUT2D eigenvalue weighted by atomic mass is 16.3. The van der Waals surface area contributed by atoms with Crippen LogP contribution in [0.2, 0.25) is 0 Å². The number of furan rings is 1. The predicted octanol–water partition coefficient (Wildman–Crippen LogP) is 1.72. The first-order chi connectivity index (χ1) is 14.2. The monoisotopic (exact) mass is 390 g/mol. The molecule has 29 heavy (non-hydrogen) atoms. The second-order valence-electron chi connectivity index (χ2n) is 7.20. The van der Waals surface area contributed by atoms with Crippen LogP contribution in [0.25, 0.3) is 0 Å². The van der Waals surface area contributed by atoms with Gasteiger partial charge >= 0.3 is 11.8 Å². The van der Waals surface area contributed by atoms with Gasteiger partial charge < -0.3 is 20.0 Å². The number of nitrogens with one attached hydrogen (secondary N) is 3. The molecule has 0 aliphatic carbocycles. The summed E-state index contributed by atoms with van der Waals surface area (Å²) in [7, 11) is 0. The number of hydrogen-bond donors (Lipinski definition) is 3. The van der Waals surface area contributed by atoms with Gasteiger partial charge in [-0.15, -0.1) is 0 Å². The molecule has 2 amide bonds. The summed E-state index contributed by atoms with van der Waals surface area (Å²) in [6.45, 7) is 2.12. The molecule has 4 rings (SSSR count). The zero-order chi connectivity index (χ0) is 20.1. The van der Waals surface area contributed by atoms with Crippen molar-refractivity contribution in [2.45, 2.75) is 19.0 Å². The van der Waals surface area contributed by atoms with Crippen LogP contribution in [0.3, 0.4) is 0 Å². The van der Waals surface area contributed by atoms with E-state index in [4.69, 9.17) is 4.42 Å². The van der Waals surface area contributed by atoms with Crippen molar-refractivity contribution in [1.29, 1.82) is 0 Å². The van der Waals surface area contributed by atoms with Gasteiger partial charge in [0, 0.05) is 17.7 Å². The smallest absolute Gasteiger partial charge is 0.313 e. The first kappa shape index (κ1) is 19.0. The third kappa shape index (κ3) is 4.55. The average Bonchev–Trinajstić information content (AvgIpc) is 3.29. The summed E-state index contributed by atoms with van der Waals surface area (Å²) in [4.78, 5) is 25.8. The molecule has 0 fully saturated rings. The fourth-order valence-corrected chi connectivity index (χ4v) is 3.82. The summed E-state index contributed by atoms with van der Waals surface area (Å²) in [5.74, 6) is -0.515. The Hall–Kier alpha value is -3.38. The number of hydrogen-bond acceptors (Lipinski definition) is 3. The lowest BCUT2D eigenvalue weighted by Crippen LogP contribution is -3.12. The quantitative estimate of drug-likeness (QED) is 0.581. The summed E-state index contributed by atoms with van der Waals surface area (Å²) >= 11 is 0. The Balaban J connectivity index is 1.42. The van der Waals surface area contributed by atoms with Crippen molar-refractivity contribution in [2.24, 2.45) is 0 Å². The Morgan fingerprint density at radius 1 is 0.931 bits per heavy atom. The summed E-state index contributed by atoms with van der Waals surface area (Å²) in [5, 5.41) is 5.39. The van der Waals surface area contributed by atoms with Crippen LogP contribution in [0.1, 0.15) is 22.9 Å². The number of quaternary nitrogens is 1. The number of fused-ring (bicyclic) bond motifs is 1. The zero-order valence-corrected chi connectivity index (χ0v) is 16.1. The molecule has 1 aliphatic rings. The van der Waals surface area contributed by atoms with Gasteiger partial charge in [0.25, 0.3) is 0 Å². The number of anilines is 1. The number of carbonyl (C=O) groups excluding carboxylic acids is 2. The van der Waals surface area contributed by atoms with E-state index in [0.717, 1.165) is 25.3 Å². The molecule has 0 bridgehead atoms. The molecule has 148 valence electrons. The predicted molar refractivity (Wildman–Crippen MR) is 109 cm³/mol. The van der Waals surface area contributed by atoms with Crippen LogP contribution in [-0.2, 0) is 22.6 Å². The van der Waals surface area contributed by atoms with E-state index >= 15 is 0 Å². The molecular formula is C23H24N3O3+. The van der Waals surface area contributed by atoms with Crippen LogP contribution in [0.5, 0.6) is 0 Å². The van der Waals surface area contributed by atoms with E-state index in [2.05, 4.69) is 34.9 Å². The summed E-state index contributed by atoms with van der Waals surface area (Å²) in [6.07, 6.45) is 2.62. The third-order valence-corrected chi connectivity index (χ3v) is 5.34. The molecule has 3 N–H and O–H groups in total. The Labute approximate surface area is 169 Å². The van der Waals surface area contributed by atoms with E-state index in [1.54, 1.807) is 30.5 Å². The Morgan fingerprint density at radius 3 is 2.45 bits per heavy atom. The van der Waals surface area contributed by atoms with Gasteiger partial charge in [-0.05, 0) is 29.8 Å². The minimum atomic E-state index is -0.673. The molecule has 0 saturated carbocycles. The first-order valence-corrected chi connectivity index (χ1v) is 9.79. The normalized spacial score (nSPS) is 16.5. The molecular weight excluding hydrogens is 366 g/mol. The molecule has 6 nitrogen and oxygen atoms in total. The van der Waals surface area contributed by atoms with Crippen LogP contribution < -0.4 is 15.5 Å². The van der Waals surface area contributed by atoms with Gasteiger partial charge in [-0.1, -0.05) is 42.5 Å². The summed E-state index contributed by atoms with van der Waals surface area (Å²) < 4.78 is 5.65. The third-order valence-electron chi connectivity index (χ3n) is 5.34. The molecule has 0 radical (unpaired) electrons. The van der Waals surface area contributed by atoms with Crippen LogP contribution in [-0.4, -0.2) is 24.9 Å².